The number of alkyl halides is 5. The van der Waals surface area contributed by atoms with Gasteiger partial charge in [0, 0.05) is 0 Å². The van der Waals surface area contributed by atoms with Crippen LogP contribution in [0.3, 0.4) is 0 Å². The number of hydrogen-bond acceptors (Lipinski definition) is 1. The Morgan fingerprint density at radius 1 is 1.16 bits per heavy atom. The van der Waals surface area contributed by atoms with Crippen LogP contribution in [0.15, 0.2) is 11.6 Å². The highest BCUT2D eigenvalue weighted by Gasteiger charge is 2.62. The highest BCUT2D eigenvalue weighted by molar-refractivity contribution is 5.18. The quantitative estimate of drug-likeness (QED) is 0.581. The molecule has 0 bridgehead atoms. The van der Waals surface area contributed by atoms with Crippen molar-refractivity contribution in [3.05, 3.63) is 11.6 Å². The van der Waals surface area contributed by atoms with Gasteiger partial charge < -0.3 is 5.32 Å². The SMILES string of the molecule is CCCNC(C1=CCCCCC1)C(F)(F)C(F)(F)F. The summed E-state index contributed by atoms with van der Waals surface area (Å²) in [7, 11) is 0. The molecule has 0 amide bonds. The van der Waals surface area contributed by atoms with E-state index in [0.717, 1.165) is 12.8 Å². The molecule has 0 saturated heterocycles. The summed E-state index contributed by atoms with van der Waals surface area (Å²) in [5.41, 5.74) is 0.202. The number of rotatable bonds is 5. The Kier molecular flexibility index (Phi) is 5.77. The van der Waals surface area contributed by atoms with Crippen LogP contribution in [0.2, 0.25) is 0 Å². The van der Waals surface area contributed by atoms with Gasteiger partial charge in [0.1, 0.15) is 6.04 Å². The lowest BCUT2D eigenvalue weighted by molar-refractivity contribution is -0.289. The summed E-state index contributed by atoms with van der Waals surface area (Å²) in [6, 6.07) is -1.93. The van der Waals surface area contributed by atoms with Crippen LogP contribution in [0, 0.1) is 0 Å². The van der Waals surface area contributed by atoms with Gasteiger partial charge in [-0.2, -0.15) is 22.0 Å². The van der Waals surface area contributed by atoms with E-state index in [1.54, 1.807) is 13.0 Å². The predicted molar refractivity (Wildman–Crippen MR) is 64.3 cm³/mol. The minimum absolute atomic E-state index is 0.147. The fourth-order valence-electron chi connectivity index (χ4n) is 2.25. The maximum atomic E-state index is 13.6. The second-order valence-electron chi connectivity index (χ2n) is 4.89. The van der Waals surface area contributed by atoms with Crippen LogP contribution in [0.1, 0.15) is 45.4 Å². The lowest BCUT2D eigenvalue weighted by Gasteiger charge is -2.31. The molecule has 1 unspecified atom stereocenters. The fourth-order valence-corrected chi connectivity index (χ4v) is 2.25. The Balaban J connectivity index is 2.96. The van der Waals surface area contributed by atoms with E-state index < -0.39 is 18.1 Å². The van der Waals surface area contributed by atoms with Crippen molar-refractivity contribution in [2.45, 2.75) is 63.6 Å². The van der Waals surface area contributed by atoms with E-state index in [1.807, 2.05) is 0 Å². The Hall–Kier alpha value is -0.650. The standard InChI is InChI=1S/C13H20F5N/c1-2-9-19-11(12(14,15)13(16,17)18)10-7-5-3-4-6-8-10/h7,11,19H,2-6,8-9H2,1H3. The van der Waals surface area contributed by atoms with Gasteiger partial charge in [0.15, 0.2) is 0 Å². The summed E-state index contributed by atoms with van der Waals surface area (Å²) in [6.45, 7) is 1.88. The van der Waals surface area contributed by atoms with Crippen molar-refractivity contribution in [2.24, 2.45) is 0 Å². The molecule has 0 aromatic heterocycles. The van der Waals surface area contributed by atoms with Gasteiger partial charge in [-0.3, -0.25) is 0 Å². The van der Waals surface area contributed by atoms with E-state index >= 15 is 0 Å². The first-order valence-corrected chi connectivity index (χ1v) is 6.67. The second-order valence-corrected chi connectivity index (χ2v) is 4.89. The van der Waals surface area contributed by atoms with Gasteiger partial charge in [-0.15, -0.1) is 0 Å². The van der Waals surface area contributed by atoms with Crippen molar-refractivity contribution in [1.29, 1.82) is 0 Å². The van der Waals surface area contributed by atoms with E-state index in [-0.39, 0.29) is 12.1 Å². The van der Waals surface area contributed by atoms with Crippen LogP contribution in [0.5, 0.6) is 0 Å². The van der Waals surface area contributed by atoms with E-state index in [2.05, 4.69) is 5.32 Å². The Labute approximate surface area is 110 Å². The van der Waals surface area contributed by atoms with Crippen LogP contribution >= 0.6 is 0 Å². The molecule has 0 aromatic carbocycles. The summed E-state index contributed by atoms with van der Waals surface area (Å²) < 4.78 is 64.9. The predicted octanol–water partition coefficient (Wildman–Crippen LogP) is 4.44. The molecular weight excluding hydrogens is 265 g/mol. The molecule has 1 atom stereocenters. The lowest BCUT2D eigenvalue weighted by atomic mass is 9.95. The molecule has 1 aliphatic rings. The van der Waals surface area contributed by atoms with E-state index in [1.165, 1.54) is 0 Å². The van der Waals surface area contributed by atoms with Crippen molar-refractivity contribution in [3.63, 3.8) is 0 Å². The molecule has 112 valence electrons. The minimum Gasteiger partial charge on any atom is -0.305 e. The van der Waals surface area contributed by atoms with Gasteiger partial charge >= 0.3 is 12.1 Å². The molecule has 1 nitrogen and oxygen atoms in total. The molecule has 0 aliphatic heterocycles. The summed E-state index contributed by atoms with van der Waals surface area (Å²) in [5, 5.41) is 2.38. The lowest BCUT2D eigenvalue weighted by Crippen LogP contribution is -2.55. The third kappa shape index (κ3) is 4.16. The van der Waals surface area contributed by atoms with Gasteiger partial charge in [0.25, 0.3) is 0 Å². The highest BCUT2D eigenvalue weighted by atomic mass is 19.4. The third-order valence-corrected chi connectivity index (χ3v) is 3.29. The smallest absolute Gasteiger partial charge is 0.305 e. The van der Waals surface area contributed by atoms with Crippen molar-refractivity contribution >= 4 is 0 Å². The molecular formula is C13H20F5N. The van der Waals surface area contributed by atoms with E-state index in [0.29, 0.717) is 25.7 Å². The summed E-state index contributed by atoms with van der Waals surface area (Å²) in [5.74, 6) is -4.72. The molecule has 0 fully saturated rings. The maximum Gasteiger partial charge on any atom is 0.455 e. The van der Waals surface area contributed by atoms with Crippen LogP contribution in [0.25, 0.3) is 0 Å². The first-order valence-electron chi connectivity index (χ1n) is 6.67. The summed E-state index contributed by atoms with van der Waals surface area (Å²) in [6.07, 6.45) is -0.173. The molecule has 0 spiro atoms. The largest absolute Gasteiger partial charge is 0.455 e. The number of hydrogen-bond donors (Lipinski definition) is 1. The van der Waals surface area contributed by atoms with Crippen molar-refractivity contribution in [2.75, 3.05) is 6.54 Å². The molecule has 0 saturated carbocycles. The summed E-state index contributed by atoms with van der Waals surface area (Å²) in [4.78, 5) is 0. The number of halogens is 5. The Morgan fingerprint density at radius 3 is 2.42 bits per heavy atom. The molecule has 0 heterocycles. The highest BCUT2D eigenvalue weighted by Crippen LogP contribution is 2.41. The van der Waals surface area contributed by atoms with Crippen LogP contribution < -0.4 is 5.32 Å². The van der Waals surface area contributed by atoms with Gasteiger partial charge in [0.2, 0.25) is 0 Å². The van der Waals surface area contributed by atoms with Gasteiger partial charge in [-0.25, -0.2) is 0 Å². The number of nitrogens with one attached hydrogen (secondary N) is 1. The monoisotopic (exact) mass is 285 g/mol. The fraction of sp³-hybridized carbons (Fsp3) is 0.846. The minimum atomic E-state index is -5.52. The normalized spacial score (nSPS) is 19.8. The van der Waals surface area contributed by atoms with Crippen molar-refractivity contribution in [1.82, 2.24) is 5.32 Å². The average molecular weight is 285 g/mol. The Bertz CT molecular complexity index is 309. The average Bonchev–Trinajstić information content (AvgIpc) is 2.56. The Morgan fingerprint density at radius 2 is 1.84 bits per heavy atom. The molecule has 0 radical (unpaired) electrons. The van der Waals surface area contributed by atoms with Crippen molar-refractivity contribution in [3.8, 4) is 0 Å². The molecule has 0 aromatic rings. The van der Waals surface area contributed by atoms with Crippen LogP contribution in [0.4, 0.5) is 22.0 Å². The third-order valence-electron chi connectivity index (χ3n) is 3.29. The zero-order valence-electron chi connectivity index (χ0n) is 11.0. The zero-order valence-corrected chi connectivity index (χ0v) is 11.0. The molecule has 6 heteroatoms. The first-order chi connectivity index (χ1) is 8.80. The van der Waals surface area contributed by atoms with E-state index in [9.17, 15) is 22.0 Å². The second kappa shape index (κ2) is 6.68. The van der Waals surface area contributed by atoms with Gasteiger partial charge in [0.05, 0.1) is 0 Å². The molecule has 1 N–H and O–H groups in total. The molecule has 1 rings (SSSR count). The maximum absolute atomic E-state index is 13.6. The number of allylic oxidation sites excluding steroid dienone is 1. The zero-order chi connectivity index (χ0) is 14.5. The molecule has 1 aliphatic carbocycles. The van der Waals surface area contributed by atoms with Crippen LogP contribution in [-0.2, 0) is 0 Å². The van der Waals surface area contributed by atoms with Gasteiger partial charge in [-0.05, 0) is 38.6 Å². The van der Waals surface area contributed by atoms with Crippen LogP contribution in [-0.4, -0.2) is 24.7 Å². The summed E-state index contributed by atoms with van der Waals surface area (Å²) >= 11 is 0. The van der Waals surface area contributed by atoms with Gasteiger partial charge in [-0.1, -0.05) is 25.0 Å². The van der Waals surface area contributed by atoms with Crippen molar-refractivity contribution < 1.29 is 22.0 Å². The van der Waals surface area contributed by atoms with E-state index in [4.69, 9.17) is 0 Å². The first kappa shape index (κ1) is 16.4. The topological polar surface area (TPSA) is 12.0 Å². The molecule has 19 heavy (non-hydrogen) atoms.